The molecule has 86 valence electrons. The minimum Gasteiger partial charge on any atom is -0.0683 e. The molecule has 1 fully saturated rings. The lowest BCUT2D eigenvalue weighted by atomic mass is 9.77. The summed E-state index contributed by atoms with van der Waals surface area (Å²) in [5.74, 6) is 2.14. The van der Waals surface area contributed by atoms with Crippen LogP contribution in [0.25, 0.3) is 0 Å². The summed E-state index contributed by atoms with van der Waals surface area (Å²) in [5, 5.41) is 0. The fourth-order valence-corrected chi connectivity index (χ4v) is 2.75. The van der Waals surface area contributed by atoms with Crippen LogP contribution in [0.3, 0.4) is 0 Å². The summed E-state index contributed by atoms with van der Waals surface area (Å²) in [7, 11) is 0. The second kappa shape index (κ2) is 9.55. The Morgan fingerprint density at radius 3 is 2.00 bits per heavy atom. The van der Waals surface area contributed by atoms with E-state index in [2.05, 4.69) is 13.8 Å². The van der Waals surface area contributed by atoms with Crippen LogP contribution < -0.4 is 0 Å². The molecule has 0 amide bonds. The Labute approximate surface area is 91.5 Å². The zero-order chi connectivity index (χ0) is 10.8. The third-order valence-electron chi connectivity index (χ3n) is 3.50. The first-order valence-electron chi connectivity index (χ1n) is 6.88. The summed E-state index contributed by atoms with van der Waals surface area (Å²) in [6.45, 7) is 8.69. The van der Waals surface area contributed by atoms with E-state index in [1.807, 2.05) is 13.8 Å². The van der Waals surface area contributed by atoms with Crippen molar-refractivity contribution in [1.82, 2.24) is 0 Å². The molecule has 0 aromatic heterocycles. The Morgan fingerprint density at radius 1 is 1.00 bits per heavy atom. The molecule has 1 aliphatic carbocycles. The fraction of sp³-hybridized carbons (Fsp3) is 1.00. The number of hydrogen-bond donors (Lipinski definition) is 0. The van der Waals surface area contributed by atoms with Crippen LogP contribution in [0.2, 0.25) is 0 Å². The first kappa shape index (κ1) is 14.0. The molecule has 0 nitrogen and oxygen atoms in total. The maximum atomic E-state index is 2.37. The Balaban J connectivity index is 0.000000791. The van der Waals surface area contributed by atoms with Gasteiger partial charge in [0.05, 0.1) is 0 Å². The van der Waals surface area contributed by atoms with Crippen molar-refractivity contribution in [3.63, 3.8) is 0 Å². The average molecular weight is 198 g/mol. The van der Waals surface area contributed by atoms with Crippen molar-refractivity contribution in [2.24, 2.45) is 11.8 Å². The molecule has 0 aromatic rings. The van der Waals surface area contributed by atoms with E-state index < -0.39 is 0 Å². The van der Waals surface area contributed by atoms with Crippen LogP contribution in [0, 0.1) is 11.8 Å². The van der Waals surface area contributed by atoms with Crippen LogP contribution in [-0.4, -0.2) is 0 Å². The van der Waals surface area contributed by atoms with Gasteiger partial charge in [0.25, 0.3) is 0 Å². The van der Waals surface area contributed by atoms with E-state index in [-0.39, 0.29) is 0 Å². The van der Waals surface area contributed by atoms with Crippen molar-refractivity contribution in [3.8, 4) is 0 Å². The Kier molecular flexibility index (Phi) is 9.55. The number of rotatable bonds is 4. The van der Waals surface area contributed by atoms with E-state index in [1.54, 1.807) is 0 Å². The summed E-state index contributed by atoms with van der Waals surface area (Å²) in [6.07, 6.45) is 11.8. The predicted molar refractivity (Wildman–Crippen MR) is 66.6 cm³/mol. The molecule has 0 N–H and O–H groups in total. The summed E-state index contributed by atoms with van der Waals surface area (Å²) in [5.41, 5.74) is 0. The monoisotopic (exact) mass is 198 g/mol. The third kappa shape index (κ3) is 5.02. The molecule has 0 bridgehead atoms. The molecule has 1 saturated carbocycles. The van der Waals surface area contributed by atoms with Crippen molar-refractivity contribution >= 4 is 0 Å². The van der Waals surface area contributed by atoms with Gasteiger partial charge in [-0.3, -0.25) is 0 Å². The maximum absolute atomic E-state index is 2.37. The molecule has 1 rings (SSSR count). The third-order valence-corrected chi connectivity index (χ3v) is 3.50. The molecular formula is C14H30. The summed E-state index contributed by atoms with van der Waals surface area (Å²) >= 11 is 0. The minimum absolute atomic E-state index is 1.05. The highest BCUT2D eigenvalue weighted by molar-refractivity contribution is 4.72. The molecule has 0 aliphatic heterocycles. The Morgan fingerprint density at radius 2 is 1.57 bits per heavy atom. The first-order valence-corrected chi connectivity index (χ1v) is 6.88. The van der Waals surface area contributed by atoms with Gasteiger partial charge in [-0.1, -0.05) is 79.1 Å². The SMILES string of the molecule is CC.CCCC(CC)C1CCCCC1. The lowest BCUT2D eigenvalue weighted by molar-refractivity contribution is 0.229. The van der Waals surface area contributed by atoms with E-state index in [4.69, 9.17) is 0 Å². The topological polar surface area (TPSA) is 0 Å². The lowest BCUT2D eigenvalue weighted by Crippen LogP contribution is -2.17. The van der Waals surface area contributed by atoms with Gasteiger partial charge >= 0.3 is 0 Å². The van der Waals surface area contributed by atoms with Crippen LogP contribution in [0.1, 0.15) is 79.1 Å². The van der Waals surface area contributed by atoms with E-state index in [1.165, 1.54) is 51.4 Å². The first-order chi connectivity index (χ1) is 6.88. The highest BCUT2D eigenvalue weighted by Crippen LogP contribution is 2.33. The van der Waals surface area contributed by atoms with E-state index in [0.717, 1.165) is 11.8 Å². The highest BCUT2D eigenvalue weighted by atomic mass is 14.3. The van der Waals surface area contributed by atoms with Crippen LogP contribution in [0.15, 0.2) is 0 Å². The van der Waals surface area contributed by atoms with E-state index >= 15 is 0 Å². The predicted octanol–water partition coefficient (Wildman–Crippen LogP) is 5.42. The van der Waals surface area contributed by atoms with Crippen molar-refractivity contribution in [2.45, 2.75) is 79.1 Å². The van der Waals surface area contributed by atoms with E-state index in [0.29, 0.717) is 0 Å². The minimum atomic E-state index is 1.05. The normalized spacial score (nSPS) is 19.7. The lowest BCUT2D eigenvalue weighted by Gasteiger charge is -2.29. The standard InChI is InChI=1S/C12H24.C2H6/c1-3-8-11(4-2)12-9-6-5-7-10-12;1-2/h11-12H,3-10H2,1-2H3;1-2H3. The Bertz CT molecular complexity index is 97.9. The average Bonchev–Trinajstić information content (AvgIpc) is 2.30. The summed E-state index contributed by atoms with van der Waals surface area (Å²) in [4.78, 5) is 0. The fourth-order valence-electron chi connectivity index (χ4n) is 2.75. The Hall–Kier alpha value is 0. The van der Waals surface area contributed by atoms with Gasteiger partial charge in [0.15, 0.2) is 0 Å². The molecule has 1 unspecified atom stereocenters. The molecule has 1 atom stereocenters. The second-order valence-corrected chi connectivity index (χ2v) is 4.36. The van der Waals surface area contributed by atoms with Crippen LogP contribution in [0.5, 0.6) is 0 Å². The quantitative estimate of drug-likeness (QED) is 0.566. The van der Waals surface area contributed by atoms with Crippen molar-refractivity contribution in [2.75, 3.05) is 0 Å². The van der Waals surface area contributed by atoms with Gasteiger partial charge in [-0.05, 0) is 11.8 Å². The van der Waals surface area contributed by atoms with Crippen LogP contribution in [-0.2, 0) is 0 Å². The zero-order valence-corrected chi connectivity index (χ0v) is 10.8. The van der Waals surface area contributed by atoms with Crippen LogP contribution in [0.4, 0.5) is 0 Å². The number of hydrogen-bond acceptors (Lipinski definition) is 0. The van der Waals surface area contributed by atoms with Gasteiger partial charge in [-0.15, -0.1) is 0 Å². The van der Waals surface area contributed by atoms with Gasteiger partial charge in [-0.2, -0.15) is 0 Å². The highest BCUT2D eigenvalue weighted by Gasteiger charge is 2.20. The second-order valence-electron chi connectivity index (χ2n) is 4.36. The molecular weight excluding hydrogens is 168 g/mol. The maximum Gasteiger partial charge on any atom is -0.0386 e. The van der Waals surface area contributed by atoms with Crippen molar-refractivity contribution < 1.29 is 0 Å². The van der Waals surface area contributed by atoms with Crippen molar-refractivity contribution in [3.05, 3.63) is 0 Å². The molecule has 1 aliphatic rings. The van der Waals surface area contributed by atoms with Crippen molar-refractivity contribution in [1.29, 1.82) is 0 Å². The molecule has 0 saturated heterocycles. The molecule has 0 aromatic carbocycles. The summed E-state index contributed by atoms with van der Waals surface area (Å²) < 4.78 is 0. The largest absolute Gasteiger partial charge is 0.0683 e. The molecule has 0 spiro atoms. The molecule has 0 radical (unpaired) electrons. The summed E-state index contributed by atoms with van der Waals surface area (Å²) in [6, 6.07) is 0. The van der Waals surface area contributed by atoms with Gasteiger partial charge in [0.2, 0.25) is 0 Å². The zero-order valence-electron chi connectivity index (χ0n) is 10.8. The molecule has 0 heterocycles. The van der Waals surface area contributed by atoms with Gasteiger partial charge in [0.1, 0.15) is 0 Å². The van der Waals surface area contributed by atoms with Gasteiger partial charge in [0, 0.05) is 0 Å². The van der Waals surface area contributed by atoms with E-state index in [9.17, 15) is 0 Å². The smallest absolute Gasteiger partial charge is 0.0386 e. The molecule has 14 heavy (non-hydrogen) atoms. The van der Waals surface area contributed by atoms with Gasteiger partial charge in [-0.25, -0.2) is 0 Å². The van der Waals surface area contributed by atoms with Crippen LogP contribution >= 0.6 is 0 Å². The molecule has 0 heteroatoms. The van der Waals surface area contributed by atoms with Gasteiger partial charge < -0.3 is 0 Å².